The second-order valence-electron chi connectivity index (χ2n) is 5.94. The minimum Gasteiger partial charge on any atom is -0.321 e. The largest absolute Gasteiger partial charge is 0.418 e. The van der Waals surface area contributed by atoms with Crippen molar-refractivity contribution < 1.29 is 18.0 Å². The Labute approximate surface area is 165 Å². The lowest BCUT2D eigenvalue weighted by atomic mass is 10.0. The van der Waals surface area contributed by atoms with Gasteiger partial charge in [-0.25, -0.2) is 0 Å². The minimum atomic E-state index is -4.58. The number of carbonyl (C=O) groups excluding carboxylic acids is 1. The number of anilines is 1. The smallest absolute Gasteiger partial charge is 0.321 e. The van der Waals surface area contributed by atoms with Crippen molar-refractivity contribution in [3.8, 4) is 0 Å². The van der Waals surface area contributed by atoms with Crippen LogP contribution in [0.5, 0.6) is 0 Å². The molecule has 3 aromatic rings. The van der Waals surface area contributed by atoms with Gasteiger partial charge in [0.05, 0.1) is 11.3 Å². The third kappa shape index (κ3) is 4.61. The van der Waals surface area contributed by atoms with Crippen LogP contribution >= 0.6 is 11.6 Å². The Morgan fingerprint density at radius 1 is 0.857 bits per heavy atom. The summed E-state index contributed by atoms with van der Waals surface area (Å²) in [4.78, 5) is 12.9. The SMILES string of the molecule is O=C(Nc1ccccc1C(F)(F)F)/C(=C/c1ccccc1Cl)c1ccccc1. The first kappa shape index (κ1) is 19.7. The molecule has 0 fully saturated rings. The summed E-state index contributed by atoms with van der Waals surface area (Å²) in [5, 5.41) is 2.82. The molecule has 0 spiro atoms. The summed E-state index contributed by atoms with van der Waals surface area (Å²) >= 11 is 6.18. The number of rotatable bonds is 4. The number of carbonyl (C=O) groups is 1. The molecule has 0 aliphatic rings. The quantitative estimate of drug-likeness (QED) is 0.390. The zero-order valence-corrected chi connectivity index (χ0v) is 15.3. The standard InChI is InChI=1S/C22H15ClF3NO/c23-19-12-6-4-10-16(19)14-17(15-8-2-1-3-9-15)21(28)27-20-13-7-5-11-18(20)22(24,25)26/h1-14H,(H,27,28)/b17-14+. The van der Waals surface area contributed by atoms with Crippen LogP contribution in [-0.2, 0) is 11.0 Å². The van der Waals surface area contributed by atoms with Gasteiger partial charge in [-0.1, -0.05) is 72.3 Å². The number of nitrogens with one attached hydrogen (secondary N) is 1. The van der Waals surface area contributed by atoms with E-state index in [1.165, 1.54) is 18.2 Å². The second kappa shape index (κ2) is 8.31. The highest BCUT2D eigenvalue weighted by atomic mass is 35.5. The van der Waals surface area contributed by atoms with E-state index in [2.05, 4.69) is 5.32 Å². The van der Waals surface area contributed by atoms with Gasteiger partial charge >= 0.3 is 6.18 Å². The third-order valence-electron chi connectivity index (χ3n) is 4.02. The maximum Gasteiger partial charge on any atom is 0.418 e. The number of amides is 1. The van der Waals surface area contributed by atoms with E-state index in [0.29, 0.717) is 16.1 Å². The lowest BCUT2D eigenvalue weighted by Gasteiger charge is -2.15. The van der Waals surface area contributed by atoms with Crippen molar-refractivity contribution in [1.82, 2.24) is 0 Å². The Kier molecular flexibility index (Phi) is 5.85. The molecular weight excluding hydrogens is 387 g/mol. The summed E-state index contributed by atoms with van der Waals surface area (Å²) in [5.41, 5.74) is 0.131. The van der Waals surface area contributed by atoms with E-state index in [4.69, 9.17) is 11.6 Å². The first-order valence-corrected chi connectivity index (χ1v) is 8.73. The van der Waals surface area contributed by atoms with Crippen LogP contribution in [0.3, 0.4) is 0 Å². The predicted molar refractivity (Wildman–Crippen MR) is 106 cm³/mol. The van der Waals surface area contributed by atoms with Gasteiger partial charge in [0, 0.05) is 10.6 Å². The summed E-state index contributed by atoms with van der Waals surface area (Å²) in [6, 6.07) is 20.5. The van der Waals surface area contributed by atoms with Crippen LogP contribution in [0.15, 0.2) is 78.9 Å². The summed E-state index contributed by atoms with van der Waals surface area (Å²) < 4.78 is 39.7. The van der Waals surface area contributed by atoms with Crippen molar-refractivity contribution in [2.24, 2.45) is 0 Å². The molecule has 0 bridgehead atoms. The topological polar surface area (TPSA) is 29.1 Å². The molecule has 1 N–H and O–H groups in total. The summed E-state index contributed by atoms with van der Waals surface area (Å²) in [5.74, 6) is -0.664. The maximum absolute atomic E-state index is 13.2. The number of hydrogen-bond donors (Lipinski definition) is 1. The monoisotopic (exact) mass is 401 g/mol. The average molecular weight is 402 g/mol. The lowest BCUT2D eigenvalue weighted by Crippen LogP contribution is -2.17. The van der Waals surface area contributed by atoms with Gasteiger partial charge in [-0.05, 0) is 35.4 Å². The molecule has 0 aliphatic heterocycles. The molecular formula is C22H15ClF3NO. The molecule has 2 nitrogen and oxygen atoms in total. The molecule has 0 atom stereocenters. The van der Waals surface area contributed by atoms with Crippen molar-refractivity contribution >= 4 is 34.8 Å². The van der Waals surface area contributed by atoms with Gasteiger partial charge in [0.15, 0.2) is 0 Å². The first-order valence-electron chi connectivity index (χ1n) is 8.35. The molecule has 1 amide bonds. The zero-order valence-electron chi connectivity index (χ0n) is 14.5. The van der Waals surface area contributed by atoms with Gasteiger partial charge in [-0.15, -0.1) is 0 Å². The highest BCUT2D eigenvalue weighted by molar-refractivity contribution is 6.34. The molecule has 0 aliphatic carbocycles. The number of alkyl halides is 3. The molecule has 6 heteroatoms. The van der Waals surface area contributed by atoms with Gasteiger partial charge in [0.25, 0.3) is 5.91 Å². The fourth-order valence-electron chi connectivity index (χ4n) is 2.67. The van der Waals surface area contributed by atoms with Gasteiger partial charge < -0.3 is 5.32 Å². The average Bonchev–Trinajstić information content (AvgIpc) is 2.67. The van der Waals surface area contributed by atoms with Gasteiger partial charge in [-0.3, -0.25) is 4.79 Å². The molecule has 3 rings (SSSR count). The van der Waals surface area contributed by atoms with Gasteiger partial charge in [0.1, 0.15) is 0 Å². The molecule has 0 heterocycles. The van der Waals surface area contributed by atoms with Crippen molar-refractivity contribution in [3.05, 3.63) is 101 Å². The molecule has 0 aromatic heterocycles. The van der Waals surface area contributed by atoms with Gasteiger partial charge in [0.2, 0.25) is 0 Å². The number of benzene rings is 3. The van der Waals surface area contributed by atoms with Crippen LogP contribution in [-0.4, -0.2) is 5.91 Å². The summed E-state index contributed by atoms with van der Waals surface area (Å²) in [6.45, 7) is 0. The number of halogens is 4. The van der Waals surface area contributed by atoms with Crippen LogP contribution in [0.1, 0.15) is 16.7 Å². The Morgan fingerprint density at radius 3 is 2.14 bits per heavy atom. The second-order valence-corrected chi connectivity index (χ2v) is 6.35. The van der Waals surface area contributed by atoms with E-state index in [-0.39, 0.29) is 11.3 Å². The lowest BCUT2D eigenvalue weighted by molar-refractivity contribution is -0.136. The van der Waals surface area contributed by atoms with E-state index in [9.17, 15) is 18.0 Å². The highest BCUT2D eigenvalue weighted by Crippen LogP contribution is 2.35. The molecule has 28 heavy (non-hydrogen) atoms. The molecule has 0 radical (unpaired) electrons. The summed E-state index contributed by atoms with van der Waals surface area (Å²) in [6.07, 6.45) is -3.02. The zero-order chi connectivity index (χ0) is 20.1. The molecule has 142 valence electrons. The molecule has 0 saturated carbocycles. The van der Waals surface area contributed by atoms with Crippen LogP contribution in [0, 0.1) is 0 Å². The first-order chi connectivity index (χ1) is 13.4. The van der Waals surface area contributed by atoms with Crippen molar-refractivity contribution in [2.75, 3.05) is 5.32 Å². The highest BCUT2D eigenvalue weighted by Gasteiger charge is 2.33. The fourth-order valence-corrected chi connectivity index (χ4v) is 2.86. The van der Waals surface area contributed by atoms with Crippen LogP contribution in [0.25, 0.3) is 11.6 Å². The predicted octanol–water partition coefficient (Wildman–Crippen LogP) is 6.54. The third-order valence-corrected chi connectivity index (χ3v) is 4.36. The number of hydrogen-bond acceptors (Lipinski definition) is 1. The number of para-hydroxylation sites is 1. The van der Waals surface area contributed by atoms with Crippen LogP contribution in [0.2, 0.25) is 5.02 Å². The Balaban J connectivity index is 2.03. The fraction of sp³-hybridized carbons (Fsp3) is 0.0455. The summed E-state index contributed by atoms with van der Waals surface area (Å²) in [7, 11) is 0. The van der Waals surface area contributed by atoms with E-state index in [0.717, 1.165) is 6.07 Å². The van der Waals surface area contributed by atoms with Crippen molar-refractivity contribution in [3.63, 3.8) is 0 Å². The molecule has 0 saturated heterocycles. The van der Waals surface area contributed by atoms with Crippen LogP contribution in [0.4, 0.5) is 18.9 Å². The van der Waals surface area contributed by atoms with Crippen LogP contribution < -0.4 is 5.32 Å². The Hall–Kier alpha value is -3.05. The van der Waals surface area contributed by atoms with Gasteiger partial charge in [-0.2, -0.15) is 13.2 Å². The minimum absolute atomic E-state index is 0.200. The van der Waals surface area contributed by atoms with E-state index < -0.39 is 17.6 Å². The Bertz CT molecular complexity index is 1010. The normalized spacial score (nSPS) is 11.9. The van der Waals surface area contributed by atoms with E-state index in [1.54, 1.807) is 60.7 Å². The van der Waals surface area contributed by atoms with Crippen molar-refractivity contribution in [2.45, 2.75) is 6.18 Å². The maximum atomic E-state index is 13.2. The van der Waals surface area contributed by atoms with E-state index in [1.807, 2.05) is 0 Å². The Morgan fingerprint density at radius 2 is 1.46 bits per heavy atom. The van der Waals surface area contributed by atoms with Crippen molar-refractivity contribution in [1.29, 1.82) is 0 Å². The molecule has 3 aromatic carbocycles. The van der Waals surface area contributed by atoms with E-state index >= 15 is 0 Å². The molecule has 0 unspecified atom stereocenters.